The van der Waals surface area contributed by atoms with Gasteiger partial charge in [0, 0.05) is 5.56 Å². The molecule has 1 aliphatic carbocycles. The first-order chi connectivity index (χ1) is 7.22. The van der Waals surface area contributed by atoms with Gasteiger partial charge in [0.25, 0.3) is 0 Å². The van der Waals surface area contributed by atoms with Gasteiger partial charge in [0.05, 0.1) is 0 Å². The van der Waals surface area contributed by atoms with Crippen molar-refractivity contribution in [3.8, 4) is 0 Å². The van der Waals surface area contributed by atoms with Crippen molar-refractivity contribution in [2.45, 2.75) is 11.3 Å². The predicted octanol–water partition coefficient (Wildman–Crippen LogP) is 3.36. The molecular weight excluding hydrogens is 208 g/mol. The Bertz CT molecular complexity index is 419. The molecule has 0 saturated carbocycles. The molecule has 0 saturated heterocycles. The zero-order valence-electron chi connectivity index (χ0n) is 8.19. The average molecular weight is 219 g/mol. The highest BCUT2D eigenvalue weighted by Crippen LogP contribution is 2.29. The molecule has 1 unspecified atom stereocenters. The van der Waals surface area contributed by atoms with E-state index in [0.717, 1.165) is 0 Å². The van der Waals surface area contributed by atoms with Crippen LogP contribution in [0.1, 0.15) is 16.8 Å². The fourth-order valence-electron chi connectivity index (χ4n) is 1.59. The van der Waals surface area contributed by atoms with Gasteiger partial charge in [-0.25, -0.2) is 0 Å². The summed E-state index contributed by atoms with van der Waals surface area (Å²) in [5.74, 6) is -0.0367. The third kappa shape index (κ3) is 2.02. The molecule has 1 aromatic rings. The molecule has 2 rings (SSSR count). The summed E-state index contributed by atoms with van der Waals surface area (Å²) >= 11 is 6.27. The van der Waals surface area contributed by atoms with Crippen LogP contribution >= 0.6 is 11.6 Å². The van der Waals surface area contributed by atoms with Crippen molar-refractivity contribution in [3.63, 3.8) is 0 Å². The van der Waals surface area contributed by atoms with Crippen LogP contribution in [-0.2, 0) is 0 Å². The lowest BCUT2D eigenvalue weighted by Crippen LogP contribution is -2.30. The van der Waals surface area contributed by atoms with Crippen molar-refractivity contribution >= 4 is 17.4 Å². The first-order valence-electron chi connectivity index (χ1n) is 4.85. The molecule has 1 aliphatic rings. The standard InChI is InChI=1S/C13H11ClO/c14-13(9-5-2-6-10-13)12(15)11-7-3-1-4-8-11/h1-9H,10H2. The van der Waals surface area contributed by atoms with Crippen molar-refractivity contribution in [1.29, 1.82) is 0 Å². The second-order valence-corrected chi connectivity index (χ2v) is 4.22. The molecule has 1 aromatic carbocycles. The Morgan fingerprint density at radius 1 is 1.20 bits per heavy atom. The maximum Gasteiger partial charge on any atom is 0.187 e. The highest BCUT2D eigenvalue weighted by atomic mass is 35.5. The number of carbonyl (C=O) groups excluding carboxylic acids is 1. The number of alkyl halides is 1. The predicted molar refractivity (Wildman–Crippen MR) is 62.3 cm³/mol. The van der Waals surface area contributed by atoms with E-state index in [2.05, 4.69) is 0 Å². The van der Waals surface area contributed by atoms with Crippen molar-refractivity contribution in [2.24, 2.45) is 0 Å². The number of Topliss-reactive ketones (excluding diaryl/α,β-unsaturated/α-hetero) is 1. The van der Waals surface area contributed by atoms with Crippen LogP contribution in [0.5, 0.6) is 0 Å². The van der Waals surface area contributed by atoms with Gasteiger partial charge >= 0.3 is 0 Å². The number of rotatable bonds is 2. The zero-order chi connectivity index (χ0) is 10.7. The summed E-state index contributed by atoms with van der Waals surface area (Å²) in [5, 5.41) is 0. The van der Waals surface area contributed by atoms with Crippen LogP contribution in [0, 0.1) is 0 Å². The fourth-order valence-corrected chi connectivity index (χ4v) is 1.86. The Balaban J connectivity index is 2.29. The van der Waals surface area contributed by atoms with Crippen LogP contribution in [0.25, 0.3) is 0 Å². The van der Waals surface area contributed by atoms with Crippen molar-refractivity contribution < 1.29 is 4.79 Å². The molecule has 0 N–H and O–H groups in total. The summed E-state index contributed by atoms with van der Waals surface area (Å²) in [7, 11) is 0. The summed E-state index contributed by atoms with van der Waals surface area (Å²) in [6.45, 7) is 0. The quantitative estimate of drug-likeness (QED) is 0.550. The molecule has 0 radical (unpaired) electrons. The Kier molecular flexibility index (Phi) is 2.74. The Hall–Kier alpha value is -1.34. The van der Waals surface area contributed by atoms with Gasteiger partial charge in [0.1, 0.15) is 4.87 Å². The first-order valence-corrected chi connectivity index (χ1v) is 5.23. The summed E-state index contributed by atoms with van der Waals surface area (Å²) in [6.07, 6.45) is 7.94. The first kappa shape index (κ1) is 10.2. The van der Waals surface area contributed by atoms with E-state index in [4.69, 9.17) is 11.6 Å². The molecule has 1 nitrogen and oxygen atoms in total. The molecule has 0 aromatic heterocycles. The Labute approximate surface area is 94.1 Å². The third-order valence-electron chi connectivity index (χ3n) is 2.44. The normalized spacial score (nSPS) is 24.1. The molecule has 2 heteroatoms. The molecule has 76 valence electrons. The summed E-state index contributed by atoms with van der Waals surface area (Å²) in [4.78, 5) is 11.2. The molecule has 0 spiro atoms. The smallest absolute Gasteiger partial charge is 0.187 e. The lowest BCUT2D eigenvalue weighted by Gasteiger charge is -2.22. The summed E-state index contributed by atoms with van der Waals surface area (Å²) in [6, 6.07) is 9.15. The minimum Gasteiger partial charge on any atom is -0.292 e. The fraction of sp³-hybridized carbons (Fsp3) is 0.154. The molecule has 1 atom stereocenters. The maximum atomic E-state index is 12.1. The van der Waals surface area contributed by atoms with E-state index >= 15 is 0 Å². The van der Waals surface area contributed by atoms with Gasteiger partial charge in [-0.3, -0.25) is 4.79 Å². The maximum absolute atomic E-state index is 12.1. The monoisotopic (exact) mass is 218 g/mol. The molecule has 15 heavy (non-hydrogen) atoms. The molecule has 0 bridgehead atoms. The Morgan fingerprint density at radius 2 is 1.93 bits per heavy atom. The Morgan fingerprint density at radius 3 is 2.53 bits per heavy atom. The second-order valence-electron chi connectivity index (χ2n) is 3.55. The van der Waals surface area contributed by atoms with Crippen LogP contribution < -0.4 is 0 Å². The largest absolute Gasteiger partial charge is 0.292 e. The number of allylic oxidation sites excluding steroid dienone is 4. The zero-order valence-corrected chi connectivity index (χ0v) is 8.95. The van der Waals surface area contributed by atoms with Gasteiger partial charge < -0.3 is 0 Å². The average Bonchev–Trinajstić information content (AvgIpc) is 2.30. The molecule has 0 amide bonds. The van der Waals surface area contributed by atoms with E-state index in [1.165, 1.54) is 0 Å². The van der Waals surface area contributed by atoms with Crippen molar-refractivity contribution in [1.82, 2.24) is 0 Å². The summed E-state index contributed by atoms with van der Waals surface area (Å²) < 4.78 is 0. The van der Waals surface area contributed by atoms with Crippen molar-refractivity contribution in [2.75, 3.05) is 0 Å². The molecule has 0 aliphatic heterocycles. The number of carbonyl (C=O) groups is 1. The van der Waals surface area contributed by atoms with E-state index in [0.29, 0.717) is 12.0 Å². The number of ketones is 1. The summed E-state index contributed by atoms with van der Waals surface area (Å²) in [5.41, 5.74) is 0.660. The lowest BCUT2D eigenvalue weighted by molar-refractivity contribution is 0.0959. The third-order valence-corrected chi connectivity index (χ3v) is 2.89. The van der Waals surface area contributed by atoms with E-state index in [9.17, 15) is 4.79 Å². The number of benzene rings is 1. The molecule has 0 fully saturated rings. The topological polar surface area (TPSA) is 17.1 Å². The van der Waals surface area contributed by atoms with Gasteiger partial charge in [-0.1, -0.05) is 54.6 Å². The number of halogens is 1. The second kappa shape index (κ2) is 4.03. The lowest BCUT2D eigenvalue weighted by atomic mass is 9.91. The highest BCUT2D eigenvalue weighted by Gasteiger charge is 2.33. The van der Waals surface area contributed by atoms with E-state index in [1.807, 2.05) is 36.4 Å². The molecule has 0 heterocycles. The van der Waals surface area contributed by atoms with Crippen LogP contribution in [0.15, 0.2) is 54.6 Å². The van der Waals surface area contributed by atoms with Crippen LogP contribution in [0.2, 0.25) is 0 Å². The number of hydrogen-bond acceptors (Lipinski definition) is 1. The minimum atomic E-state index is -0.893. The van der Waals surface area contributed by atoms with E-state index in [1.54, 1.807) is 18.2 Å². The SMILES string of the molecule is O=C(c1ccccc1)C1(Cl)C=CC=CC1. The van der Waals surface area contributed by atoms with Gasteiger partial charge in [-0.15, -0.1) is 11.6 Å². The van der Waals surface area contributed by atoms with Crippen molar-refractivity contribution in [3.05, 3.63) is 60.2 Å². The van der Waals surface area contributed by atoms with Crippen LogP contribution in [0.4, 0.5) is 0 Å². The van der Waals surface area contributed by atoms with E-state index < -0.39 is 4.87 Å². The van der Waals surface area contributed by atoms with Crippen LogP contribution in [0.3, 0.4) is 0 Å². The van der Waals surface area contributed by atoms with E-state index in [-0.39, 0.29) is 5.78 Å². The minimum absolute atomic E-state index is 0.0367. The highest BCUT2D eigenvalue weighted by molar-refractivity contribution is 6.39. The van der Waals surface area contributed by atoms with Gasteiger partial charge in [-0.2, -0.15) is 0 Å². The molecular formula is C13H11ClO. The van der Waals surface area contributed by atoms with Gasteiger partial charge in [0.15, 0.2) is 5.78 Å². The number of hydrogen-bond donors (Lipinski definition) is 0. The van der Waals surface area contributed by atoms with Gasteiger partial charge in [0.2, 0.25) is 0 Å². The van der Waals surface area contributed by atoms with Gasteiger partial charge in [-0.05, 0) is 6.42 Å². The van der Waals surface area contributed by atoms with Crippen LogP contribution in [-0.4, -0.2) is 10.7 Å².